The summed E-state index contributed by atoms with van der Waals surface area (Å²) in [5, 5.41) is 14.2. The van der Waals surface area contributed by atoms with E-state index in [1.54, 1.807) is 29.6 Å². The minimum Gasteiger partial charge on any atom is -0.507 e. The third kappa shape index (κ3) is 3.52. The Kier molecular flexibility index (Phi) is 4.27. The second-order valence-corrected chi connectivity index (χ2v) is 4.95. The summed E-state index contributed by atoms with van der Waals surface area (Å²) < 4.78 is 0. The average Bonchev–Trinajstić information content (AvgIpc) is 2.92. The van der Waals surface area contributed by atoms with Crippen LogP contribution in [0.2, 0.25) is 0 Å². The van der Waals surface area contributed by atoms with E-state index in [2.05, 4.69) is 10.3 Å². The number of benzene rings is 1. The fourth-order valence-electron chi connectivity index (χ4n) is 1.44. The first-order chi connectivity index (χ1) is 9.56. The SMILES string of the molecule is Cc1ccc(C(O)=CC(=O)C(=O)Nc2nccs2)cc1. The molecule has 6 heteroatoms. The largest absolute Gasteiger partial charge is 0.507 e. The van der Waals surface area contributed by atoms with Crippen LogP contribution in [0.25, 0.3) is 5.76 Å². The summed E-state index contributed by atoms with van der Waals surface area (Å²) in [6.45, 7) is 1.91. The normalized spacial score (nSPS) is 11.2. The number of nitrogens with one attached hydrogen (secondary N) is 1. The minimum absolute atomic E-state index is 0.246. The number of aliphatic hydroxyl groups is 1. The minimum atomic E-state index is -0.835. The number of rotatable bonds is 4. The molecule has 1 aromatic heterocycles. The van der Waals surface area contributed by atoms with Gasteiger partial charge in [0.2, 0.25) is 5.78 Å². The number of aromatic nitrogens is 1. The highest BCUT2D eigenvalue weighted by molar-refractivity contribution is 7.13. The van der Waals surface area contributed by atoms with Crippen LogP contribution < -0.4 is 5.32 Å². The molecule has 0 bridgehead atoms. The molecule has 1 aromatic carbocycles. The van der Waals surface area contributed by atoms with Crippen LogP contribution in [0.5, 0.6) is 0 Å². The number of aliphatic hydroxyl groups excluding tert-OH is 1. The molecule has 0 atom stereocenters. The second kappa shape index (κ2) is 6.12. The topological polar surface area (TPSA) is 79.3 Å². The van der Waals surface area contributed by atoms with Gasteiger partial charge in [-0.3, -0.25) is 14.9 Å². The summed E-state index contributed by atoms with van der Waals surface area (Å²) >= 11 is 1.21. The van der Waals surface area contributed by atoms with E-state index >= 15 is 0 Å². The van der Waals surface area contributed by atoms with Gasteiger partial charge >= 0.3 is 0 Å². The van der Waals surface area contributed by atoms with Crippen LogP contribution in [0.1, 0.15) is 11.1 Å². The van der Waals surface area contributed by atoms with E-state index in [0.717, 1.165) is 11.6 Å². The van der Waals surface area contributed by atoms with Gasteiger partial charge in [-0.05, 0) is 6.92 Å². The summed E-state index contributed by atoms with van der Waals surface area (Å²) in [7, 11) is 0. The van der Waals surface area contributed by atoms with E-state index in [4.69, 9.17) is 0 Å². The highest BCUT2D eigenvalue weighted by Gasteiger charge is 2.14. The van der Waals surface area contributed by atoms with Gasteiger partial charge in [0.05, 0.1) is 0 Å². The Labute approximate surface area is 119 Å². The smallest absolute Gasteiger partial charge is 0.298 e. The van der Waals surface area contributed by atoms with Crippen molar-refractivity contribution < 1.29 is 14.7 Å². The van der Waals surface area contributed by atoms with Gasteiger partial charge in [-0.2, -0.15) is 0 Å². The number of aryl methyl sites for hydroxylation is 1. The molecule has 1 amide bonds. The van der Waals surface area contributed by atoms with E-state index in [-0.39, 0.29) is 5.76 Å². The number of hydrogen-bond acceptors (Lipinski definition) is 5. The number of hydrogen-bond donors (Lipinski definition) is 2. The number of ketones is 1. The van der Waals surface area contributed by atoms with Crippen molar-refractivity contribution in [3.05, 3.63) is 53.0 Å². The molecule has 0 spiro atoms. The molecule has 0 aliphatic rings. The lowest BCUT2D eigenvalue weighted by molar-refractivity contribution is -0.131. The molecular formula is C14H12N2O3S. The number of carbonyl (C=O) groups is 2. The van der Waals surface area contributed by atoms with Gasteiger partial charge in [-0.15, -0.1) is 11.3 Å². The monoisotopic (exact) mass is 288 g/mol. The van der Waals surface area contributed by atoms with Gasteiger partial charge in [0, 0.05) is 23.2 Å². The summed E-state index contributed by atoms with van der Waals surface area (Å²) in [6.07, 6.45) is 2.41. The lowest BCUT2D eigenvalue weighted by atomic mass is 10.1. The Bertz CT molecular complexity index is 646. The molecule has 20 heavy (non-hydrogen) atoms. The molecule has 102 valence electrons. The van der Waals surface area contributed by atoms with Crippen LogP contribution in [0, 0.1) is 6.92 Å². The van der Waals surface area contributed by atoms with Crippen LogP contribution >= 0.6 is 11.3 Å². The van der Waals surface area contributed by atoms with Crippen molar-refractivity contribution in [3.8, 4) is 0 Å². The molecule has 5 nitrogen and oxygen atoms in total. The zero-order valence-electron chi connectivity index (χ0n) is 10.7. The predicted molar refractivity (Wildman–Crippen MR) is 77.5 cm³/mol. The molecule has 1 heterocycles. The molecule has 2 rings (SSSR count). The fraction of sp³-hybridized carbons (Fsp3) is 0.0714. The maximum Gasteiger partial charge on any atom is 0.298 e. The lowest BCUT2D eigenvalue weighted by Crippen LogP contribution is -2.21. The molecule has 0 saturated heterocycles. The average molecular weight is 288 g/mol. The van der Waals surface area contributed by atoms with Crippen molar-refractivity contribution in [3.63, 3.8) is 0 Å². The molecule has 0 fully saturated rings. The van der Waals surface area contributed by atoms with Crippen LogP contribution in [-0.2, 0) is 9.59 Å². The third-order valence-corrected chi connectivity index (χ3v) is 3.18. The Hall–Kier alpha value is -2.47. The number of nitrogens with zero attached hydrogens (tertiary/aromatic N) is 1. The van der Waals surface area contributed by atoms with Gasteiger partial charge in [-0.25, -0.2) is 4.98 Å². The Morgan fingerprint density at radius 3 is 2.60 bits per heavy atom. The van der Waals surface area contributed by atoms with Crippen LogP contribution in [-0.4, -0.2) is 21.8 Å². The summed E-state index contributed by atoms with van der Waals surface area (Å²) in [5.74, 6) is -1.92. The molecule has 2 aromatic rings. The standard InChI is InChI=1S/C14H12N2O3S/c1-9-2-4-10(5-3-9)11(17)8-12(18)13(19)16-14-15-6-7-20-14/h2-8,17H,1H3,(H,15,16,19). The van der Waals surface area contributed by atoms with Crippen molar-refractivity contribution >= 4 is 33.9 Å². The molecule has 0 aliphatic heterocycles. The van der Waals surface area contributed by atoms with E-state index in [1.165, 1.54) is 17.5 Å². The lowest BCUT2D eigenvalue weighted by Gasteiger charge is -2.01. The van der Waals surface area contributed by atoms with E-state index in [1.807, 2.05) is 6.92 Å². The number of thiazole rings is 1. The molecule has 0 unspecified atom stereocenters. The maximum absolute atomic E-state index is 11.6. The van der Waals surface area contributed by atoms with Crippen molar-refractivity contribution in [2.75, 3.05) is 5.32 Å². The third-order valence-electron chi connectivity index (χ3n) is 2.49. The zero-order valence-corrected chi connectivity index (χ0v) is 11.5. The van der Waals surface area contributed by atoms with Crippen molar-refractivity contribution in [1.82, 2.24) is 4.98 Å². The molecule has 2 N–H and O–H groups in total. The molecular weight excluding hydrogens is 276 g/mol. The second-order valence-electron chi connectivity index (χ2n) is 4.05. The van der Waals surface area contributed by atoms with Gasteiger partial charge < -0.3 is 5.11 Å². The van der Waals surface area contributed by atoms with E-state index in [9.17, 15) is 14.7 Å². The first-order valence-electron chi connectivity index (χ1n) is 5.79. The van der Waals surface area contributed by atoms with Gasteiger partial charge in [-0.1, -0.05) is 29.8 Å². The summed E-state index contributed by atoms with van der Waals surface area (Å²) in [4.78, 5) is 27.1. The summed E-state index contributed by atoms with van der Waals surface area (Å²) in [5.41, 5.74) is 1.51. The van der Waals surface area contributed by atoms with Crippen LogP contribution in [0.15, 0.2) is 41.9 Å². The zero-order chi connectivity index (χ0) is 14.5. The van der Waals surface area contributed by atoms with Crippen LogP contribution in [0.3, 0.4) is 0 Å². The number of carbonyl (C=O) groups excluding carboxylic acids is 2. The Morgan fingerprint density at radius 1 is 1.30 bits per heavy atom. The molecule has 0 saturated carbocycles. The van der Waals surface area contributed by atoms with Gasteiger partial charge in [0.1, 0.15) is 5.76 Å². The predicted octanol–water partition coefficient (Wildman–Crippen LogP) is 2.56. The quantitative estimate of drug-likeness (QED) is 0.515. The number of amides is 1. The highest BCUT2D eigenvalue weighted by atomic mass is 32.1. The van der Waals surface area contributed by atoms with Crippen molar-refractivity contribution in [2.45, 2.75) is 6.92 Å². The van der Waals surface area contributed by atoms with Gasteiger partial charge in [0.25, 0.3) is 5.91 Å². The Balaban J connectivity index is 2.07. The first kappa shape index (κ1) is 14.0. The molecule has 0 radical (unpaired) electrons. The Morgan fingerprint density at radius 2 is 2.00 bits per heavy atom. The van der Waals surface area contributed by atoms with Crippen molar-refractivity contribution in [1.29, 1.82) is 0 Å². The highest BCUT2D eigenvalue weighted by Crippen LogP contribution is 2.13. The fourth-order valence-corrected chi connectivity index (χ4v) is 1.97. The number of anilines is 1. The van der Waals surface area contributed by atoms with Gasteiger partial charge in [0.15, 0.2) is 5.13 Å². The maximum atomic E-state index is 11.6. The van der Waals surface area contributed by atoms with E-state index in [0.29, 0.717) is 10.7 Å². The first-order valence-corrected chi connectivity index (χ1v) is 6.67. The summed E-state index contributed by atoms with van der Waals surface area (Å²) in [6, 6.07) is 6.96. The van der Waals surface area contributed by atoms with Crippen LogP contribution in [0.4, 0.5) is 5.13 Å². The molecule has 0 aliphatic carbocycles. The van der Waals surface area contributed by atoms with E-state index < -0.39 is 11.7 Å². The van der Waals surface area contributed by atoms with Crippen molar-refractivity contribution in [2.24, 2.45) is 0 Å².